The molecule has 0 aromatic heterocycles. The van der Waals surface area contributed by atoms with Gasteiger partial charge in [0.25, 0.3) is 0 Å². The highest BCUT2D eigenvalue weighted by Gasteiger charge is 2.45. The Labute approximate surface area is 162 Å². The molecule has 0 heterocycles. The van der Waals surface area contributed by atoms with Crippen molar-refractivity contribution in [2.45, 2.75) is 32.2 Å². The van der Waals surface area contributed by atoms with Gasteiger partial charge in [0, 0.05) is 18.7 Å². The van der Waals surface area contributed by atoms with Crippen LogP contribution in [0.3, 0.4) is 0 Å². The Morgan fingerprint density at radius 2 is 1.67 bits per heavy atom. The van der Waals surface area contributed by atoms with Crippen LogP contribution in [0, 0.1) is 0 Å². The van der Waals surface area contributed by atoms with Gasteiger partial charge in [-0.2, -0.15) is 0 Å². The average molecular weight is 367 g/mol. The van der Waals surface area contributed by atoms with E-state index in [0.29, 0.717) is 13.0 Å². The highest BCUT2D eigenvalue weighted by molar-refractivity contribution is 5.87. The molecule has 0 saturated heterocycles. The zero-order chi connectivity index (χ0) is 19.7. The number of ether oxygens (including phenoxy) is 2. The number of hydrogen-bond donors (Lipinski definition) is 0. The van der Waals surface area contributed by atoms with Gasteiger partial charge >= 0.3 is 5.97 Å². The lowest BCUT2D eigenvalue weighted by atomic mass is 9.83. The van der Waals surface area contributed by atoms with Gasteiger partial charge in [-0.1, -0.05) is 49.4 Å². The van der Waals surface area contributed by atoms with E-state index in [4.69, 9.17) is 9.47 Å². The second-order valence-corrected chi connectivity index (χ2v) is 6.24. The van der Waals surface area contributed by atoms with E-state index in [1.54, 1.807) is 7.11 Å². The van der Waals surface area contributed by atoms with Crippen molar-refractivity contribution >= 4 is 11.7 Å². The van der Waals surface area contributed by atoms with E-state index in [-0.39, 0.29) is 5.97 Å². The fourth-order valence-electron chi connectivity index (χ4n) is 3.43. The summed E-state index contributed by atoms with van der Waals surface area (Å²) in [5.74, 6) is 0.510. The molecule has 1 atom stereocenters. The van der Waals surface area contributed by atoms with Crippen molar-refractivity contribution in [3.8, 4) is 5.75 Å². The van der Waals surface area contributed by atoms with Crippen LogP contribution in [0.4, 0.5) is 5.69 Å². The number of rotatable bonds is 9. The fraction of sp³-hybridized carbons (Fsp3) is 0.348. The third kappa shape index (κ3) is 4.33. The lowest BCUT2D eigenvalue weighted by Gasteiger charge is -2.42. The molecule has 0 aliphatic rings. The van der Waals surface area contributed by atoms with Crippen LogP contribution in [0.25, 0.3) is 0 Å². The Morgan fingerprint density at radius 3 is 2.19 bits per heavy atom. The Hall–Kier alpha value is -2.75. The largest absolute Gasteiger partial charge is 0.497 e. The molecule has 2 aromatic rings. The topological polar surface area (TPSA) is 38.8 Å². The zero-order valence-electron chi connectivity index (χ0n) is 16.6. The summed E-state index contributed by atoms with van der Waals surface area (Å²) in [6.45, 7) is 4.78. The second-order valence-electron chi connectivity index (χ2n) is 6.24. The van der Waals surface area contributed by atoms with Crippen molar-refractivity contribution in [1.29, 1.82) is 0 Å². The summed E-state index contributed by atoms with van der Waals surface area (Å²) in [5.41, 5.74) is 0.915. The molecule has 0 fully saturated rings. The Bertz CT molecular complexity index is 740. The van der Waals surface area contributed by atoms with Crippen molar-refractivity contribution in [3.05, 3.63) is 72.3 Å². The van der Waals surface area contributed by atoms with Crippen LogP contribution >= 0.6 is 0 Å². The zero-order valence-corrected chi connectivity index (χ0v) is 16.6. The summed E-state index contributed by atoms with van der Waals surface area (Å²) in [6.07, 6.45) is 5.59. The number of esters is 1. The summed E-state index contributed by atoms with van der Waals surface area (Å²) in [7, 11) is 3.09. The smallest absolute Gasteiger partial charge is 0.336 e. The van der Waals surface area contributed by atoms with Gasteiger partial charge in [0.05, 0.1) is 14.2 Å². The summed E-state index contributed by atoms with van der Waals surface area (Å²) in [5, 5.41) is 0. The highest BCUT2D eigenvalue weighted by atomic mass is 16.5. The lowest BCUT2D eigenvalue weighted by molar-refractivity contribution is -0.147. The maximum absolute atomic E-state index is 13.2. The van der Waals surface area contributed by atoms with Gasteiger partial charge in [-0.3, -0.25) is 0 Å². The maximum Gasteiger partial charge on any atom is 0.336 e. The molecule has 0 amide bonds. The number of carbonyl (C=O) groups excluding carboxylic acids is 1. The molecule has 0 bridgehead atoms. The molecule has 0 radical (unpaired) electrons. The predicted molar refractivity (Wildman–Crippen MR) is 110 cm³/mol. The Kier molecular flexibility index (Phi) is 7.47. The van der Waals surface area contributed by atoms with Crippen LogP contribution in [0.15, 0.2) is 66.7 Å². The van der Waals surface area contributed by atoms with Crippen molar-refractivity contribution in [2.24, 2.45) is 0 Å². The summed E-state index contributed by atoms with van der Waals surface area (Å²) in [6, 6.07) is 17.6. The van der Waals surface area contributed by atoms with E-state index >= 15 is 0 Å². The standard InChI is InChI=1S/C23H29NO3/c1-5-7-11-18-23(22(25)27-4,19-12-9-8-10-13-19)24(6-2)20-14-16-21(26-3)17-15-20/h7-17H,5-6,18H2,1-4H3/b11-7-. The number of benzene rings is 2. The van der Waals surface area contributed by atoms with Crippen LogP contribution in [-0.4, -0.2) is 26.7 Å². The molecule has 27 heavy (non-hydrogen) atoms. The molecule has 144 valence electrons. The number of hydrogen-bond acceptors (Lipinski definition) is 4. The molecule has 0 spiro atoms. The van der Waals surface area contributed by atoms with Crippen LogP contribution in [-0.2, 0) is 15.1 Å². The van der Waals surface area contributed by atoms with E-state index in [1.807, 2.05) is 61.5 Å². The van der Waals surface area contributed by atoms with E-state index in [1.165, 1.54) is 7.11 Å². The molecule has 4 nitrogen and oxygen atoms in total. The van der Waals surface area contributed by atoms with Gasteiger partial charge in [-0.25, -0.2) is 4.79 Å². The first-order valence-electron chi connectivity index (χ1n) is 9.34. The average Bonchev–Trinajstić information content (AvgIpc) is 2.73. The van der Waals surface area contributed by atoms with Crippen LogP contribution in [0.5, 0.6) is 5.75 Å². The first kappa shape index (κ1) is 20.6. The lowest BCUT2D eigenvalue weighted by Crippen LogP contribution is -2.53. The minimum Gasteiger partial charge on any atom is -0.497 e. The molecular weight excluding hydrogens is 338 g/mol. The summed E-state index contributed by atoms with van der Waals surface area (Å²) < 4.78 is 10.6. The van der Waals surface area contributed by atoms with E-state index in [9.17, 15) is 4.79 Å². The first-order valence-corrected chi connectivity index (χ1v) is 9.34. The van der Waals surface area contributed by atoms with E-state index < -0.39 is 5.54 Å². The van der Waals surface area contributed by atoms with Gasteiger partial charge in [-0.05, 0) is 43.2 Å². The molecule has 2 aromatic carbocycles. The van der Waals surface area contributed by atoms with Gasteiger partial charge in [0.15, 0.2) is 5.54 Å². The SMILES string of the molecule is CC/C=C\CC(C(=O)OC)(c1ccccc1)N(CC)c1ccc(OC)cc1. The number of allylic oxidation sites excluding steroid dienone is 1. The number of likely N-dealkylation sites (N-methyl/N-ethyl adjacent to an activating group) is 1. The number of carbonyl (C=O) groups is 1. The van der Waals surface area contributed by atoms with Gasteiger partial charge in [0.1, 0.15) is 5.75 Å². The van der Waals surface area contributed by atoms with Crippen LogP contribution < -0.4 is 9.64 Å². The number of anilines is 1. The van der Waals surface area contributed by atoms with Crippen LogP contribution in [0.1, 0.15) is 32.3 Å². The van der Waals surface area contributed by atoms with E-state index in [0.717, 1.165) is 23.4 Å². The van der Waals surface area contributed by atoms with Crippen molar-refractivity contribution in [2.75, 3.05) is 25.7 Å². The van der Waals surface area contributed by atoms with E-state index in [2.05, 4.69) is 24.0 Å². The maximum atomic E-state index is 13.2. The summed E-state index contributed by atoms with van der Waals surface area (Å²) >= 11 is 0. The number of methoxy groups -OCH3 is 2. The molecule has 0 aliphatic carbocycles. The van der Waals surface area contributed by atoms with Gasteiger partial charge in [-0.15, -0.1) is 0 Å². The minimum atomic E-state index is -0.939. The fourth-order valence-corrected chi connectivity index (χ4v) is 3.43. The van der Waals surface area contributed by atoms with Crippen molar-refractivity contribution in [1.82, 2.24) is 0 Å². The van der Waals surface area contributed by atoms with Crippen LogP contribution in [0.2, 0.25) is 0 Å². The molecule has 4 heteroatoms. The molecule has 1 unspecified atom stereocenters. The van der Waals surface area contributed by atoms with Gasteiger partial charge < -0.3 is 14.4 Å². The normalized spacial score (nSPS) is 13.2. The molecular formula is C23H29NO3. The first-order chi connectivity index (χ1) is 13.1. The minimum absolute atomic E-state index is 0.271. The molecule has 2 rings (SSSR count). The molecule has 0 N–H and O–H groups in total. The second kappa shape index (κ2) is 9.81. The Balaban J connectivity index is 2.65. The summed E-state index contributed by atoms with van der Waals surface area (Å²) in [4.78, 5) is 15.3. The van der Waals surface area contributed by atoms with Crippen molar-refractivity contribution < 1.29 is 14.3 Å². The third-order valence-corrected chi connectivity index (χ3v) is 4.75. The van der Waals surface area contributed by atoms with Gasteiger partial charge in [0.2, 0.25) is 0 Å². The number of nitrogens with zero attached hydrogens (tertiary/aromatic N) is 1. The highest BCUT2D eigenvalue weighted by Crippen LogP contribution is 2.38. The molecule has 0 aliphatic heterocycles. The predicted octanol–water partition coefficient (Wildman–Crippen LogP) is 4.95. The van der Waals surface area contributed by atoms with Crippen molar-refractivity contribution in [3.63, 3.8) is 0 Å². The molecule has 0 saturated carbocycles. The monoisotopic (exact) mass is 367 g/mol. The third-order valence-electron chi connectivity index (χ3n) is 4.75. The Morgan fingerprint density at radius 1 is 1.00 bits per heavy atom. The quantitative estimate of drug-likeness (QED) is 0.464.